The van der Waals surface area contributed by atoms with Gasteiger partial charge in [0.15, 0.2) is 5.13 Å². The lowest BCUT2D eigenvalue weighted by Crippen LogP contribution is -2.38. The molecule has 16 heavy (non-hydrogen) atoms. The number of nitrogens with zero attached hydrogens (tertiary/aromatic N) is 2. The molecule has 1 N–H and O–H groups in total. The number of aliphatic hydroxyl groups is 1. The summed E-state index contributed by atoms with van der Waals surface area (Å²) in [7, 11) is 0. The van der Waals surface area contributed by atoms with Gasteiger partial charge in [0.25, 0.3) is 0 Å². The first-order chi connectivity index (χ1) is 7.81. The monoisotopic (exact) mass is 240 g/mol. The molecule has 1 aliphatic carbocycles. The minimum Gasteiger partial charge on any atom is -0.395 e. The lowest BCUT2D eigenvalue weighted by molar-refractivity contribution is 0.290. The SMILES string of the molecule is Cc1csc(N(CCO)C2CCCCC2)n1. The summed E-state index contributed by atoms with van der Waals surface area (Å²) in [5.41, 5.74) is 1.08. The van der Waals surface area contributed by atoms with Gasteiger partial charge >= 0.3 is 0 Å². The van der Waals surface area contributed by atoms with Crippen LogP contribution in [0, 0.1) is 6.92 Å². The molecule has 0 unspecified atom stereocenters. The quantitative estimate of drug-likeness (QED) is 0.878. The van der Waals surface area contributed by atoms with Crippen molar-refractivity contribution in [3.05, 3.63) is 11.1 Å². The van der Waals surface area contributed by atoms with Crippen molar-refractivity contribution >= 4 is 16.5 Å². The molecule has 0 amide bonds. The molecular weight excluding hydrogens is 220 g/mol. The van der Waals surface area contributed by atoms with Crippen molar-refractivity contribution in [3.63, 3.8) is 0 Å². The highest BCUT2D eigenvalue weighted by atomic mass is 32.1. The first kappa shape index (κ1) is 11.9. The summed E-state index contributed by atoms with van der Waals surface area (Å²) in [5.74, 6) is 0. The molecule has 0 aliphatic heterocycles. The number of aromatic nitrogens is 1. The second-order valence-electron chi connectivity index (χ2n) is 4.48. The van der Waals surface area contributed by atoms with Gasteiger partial charge in [0, 0.05) is 18.0 Å². The van der Waals surface area contributed by atoms with E-state index in [1.54, 1.807) is 11.3 Å². The predicted molar refractivity (Wildman–Crippen MR) is 68.2 cm³/mol. The zero-order valence-electron chi connectivity index (χ0n) is 9.85. The van der Waals surface area contributed by atoms with Crippen molar-refractivity contribution in [2.75, 3.05) is 18.1 Å². The molecule has 90 valence electrons. The van der Waals surface area contributed by atoms with Crippen LogP contribution >= 0.6 is 11.3 Å². The maximum Gasteiger partial charge on any atom is 0.185 e. The number of hydrogen-bond donors (Lipinski definition) is 1. The average molecular weight is 240 g/mol. The minimum absolute atomic E-state index is 0.217. The van der Waals surface area contributed by atoms with Gasteiger partial charge in [-0.05, 0) is 19.8 Å². The van der Waals surface area contributed by atoms with E-state index in [1.165, 1.54) is 32.1 Å². The van der Waals surface area contributed by atoms with Crippen molar-refractivity contribution in [3.8, 4) is 0 Å². The number of rotatable bonds is 4. The Hall–Kier alpha value is -0.610. The molecule has 0 atom stereocenters. The molecule has 0 spiro atoms. The Kier molecular flexibility index (Phi) is 4.18. The number of anilines is 1. The first-order valence-corrected chi connectivity index (χ1v) is 6.99. The Labute approximate surface area is 101 Å². The van der Waals surface area contributed by atoms with Gasteiger partial charge in [-0.2, -0.15) is 0 Å². The minimum atomic E-state index is 0.217. The molecule has 2 rings (SSSR count). The van der Waals surface area contributed by atoms with Gasteiger partial charge in [0.05, 0.1) is 12.3 Å². The molecule has 1 aliphatic rings. The number of hydrogen-bond acceptors (Lipinski definition) is 4. The smallest absolute Gasteiger partial charge is 0.185 e. The fourth-order valence-corrected chi connectivity index (χ4v) is 3.31. The second-order valence-corrected chi connectivity index (χ2v) is 5.32. The third kappa shape index (κ3) is 2.74. The van der Waals surface area contributed by atoms with Gasteiger partial charge < -0.3 is 10.0 Å². The fraction of sp³-hybridized carbons (Fsp3) is 0.750. The molecule has 1 saturated carbocycles. The van der Waals surface area contributed by atoms with Gasteiger partial charge in [-0.1, -0.05) is 19.3 Å². The van der Waals surface area contributed by atoms with Gasteiger partial charge in [0.1, 0.15) is 0 Å². The Morgan fingerprint density at radius 1 is 1.44 bits per heavy atom. The van der Waals surface area contributed by atoms with E-state index in [0.29, 0.717) is 6.04 Å². The summed E-state index contributed by atoms with van der Waals surface area (Å²) < 4.78 is 0. The lowest BCUT2D eigenvalue weighted by atomic mass is 9.94. The van der Waals surface area contributed by atoms with Crippen molar-refractivity contribution in [2.45, 2.75) is 45.1 Å². The first-order valence-electron chi connectivity index (χ1n) is 6.11. The molecule has 1 aromatic rings. The van der Waals surface area contributed by atoms with E-state index in [1.807, 2.05) is 6.92 Å². The third-order valence-electron chi connectivity index (χ3n) is 3.21. The highest BCUT2D eigenvalue weighted by Crippen LogP contribution is 2.29. The van der Waals surface area contributed by atoms with Gasteiger partial charge in [-0.15, -0.1) is 11.3 Å². The van der Waals surface area contributed by atoms with Crippen molar-refractivity contribution in [1.82, 2.24) is 4.98 Å². The summed E-state index contributed by atoms with van der Waals surface area (Å²) in [5, 5.41) is 12.3. The molecule has 0 aromatic carbocycles. The summed E-state index contributed by atoms with van der Waals surface area (Å²) >= 11 is 1.69. The van der Waals surface area contributed by atoms with Crippen LogP contribution in [0.3, 0.4) is 0 Å². The van der Waals surface area contributed by atoms with Crippen LogP contribution in [-0.2, 0) is 0 Å². The van der Waals surface area contributed by atoms with Crippen LogP contribution in [0.4, 0.5) is 5.13 Å². The van der Waals surface area contributed by atoms with Crippen LogP contribution in [0.5, 0.6) is 0 Å². The lowest BCUT2D eigenvalue weighted by Gasteiger charge is -2.33. The Morgan fingerprint density at radius 2 is 2.19 bits per heavy atom. The van der Waals surface area contributed by atoms with E-state index >= 15 is 0 Å². The number of aryl methyl sites for hydroxylation is 1. The summed E-state index contributed by atoms with van der Waals surface area (Å²) in [6.45, 7) is 2.96. The van der Waals surface area contributed by atoms with Crippen molar-refractivity contribution < 1.29 is 5.11 Å². The normalized spacial score (nSPS) is 17.6. The van der Waals surface area contributed by atoms with E-state index < -0.39 is 0 Å². The molecule has 1 fully saturated rings. The van der Waals surface area contributed by atoms with Crippen LogP contribution in [0.2, 0.25) is 0 Å². The van der Waals surface area contributed by atoms with E-state index in [0.717, 1.165) is 17.4 Å². The van der Waals surface area contributed by atoms with E-state index in [2.05, 4.69) is 15.3 Å². The van der Waals surface area contributed by atoms with E-state index in [9.17, 15) is 5.11 Å². The number of aliphatic hydroxyl groups excluding tert-OH is 1. The fourth-order valence-electron chi connectivity index (χ4n) is 2.41. The van der Waals surface area contributed by atoms with Crippen LogP contribution in [-0.4, -0.2) is 29.3 Å². The standard InChI is InChI=1S/C12H20N2OS/c1-10-9-16-12(13-10)14(7-8-15)11-5-3-2-4-6-11/h9,11,15H,2-8H2,1H3. The summed E-state index contributed by atoms with van der Waals surface area (Å²) in [6, 6.07) is 0.589. The third-order valence-corrected chi connectivity index (χ3v) is 4.20. The van der Waals surface area contributed by atoms with Gasteiger partial charge in [-0.25, -0.2) is 4.98 Å². The molecule has 1 aromatic heterocycles. The van der Waals surface area contributed by atoms with Crippen LogP contribution in [0.25, 0.3) is 0 Å². The largest absolute Gasteiger partial charge is 0.395 e. The van der Waals surface area contributed by atoms with E-state index in [4.69, 9.17) is 0 Å². The van der Waals surface area contributed by atoms with Crippen molar-refractivity contribution in [1.29, 1.82) is 0 Å². The predicted octanol–water partition coefficient (Wildman–Crippen LogP) is 2.58. The molecular formula is C12H20N2OS. The Balaban J connectivity index is 2.09. The topological polar surface area (TPSA) is 36.4 Å². The Morgan fingerprint density at radius 3 is 2.75 bits per heavy atom. The highest BCUT2D eigenvalue weighted by molar-refractivity contribution is 7.13. The molecule has 0 saturated heterocycles. The second kappa shape index (κ2) is 5.64. The van der Waals surface area contributed by atoms with Crippen LogP contribution < -0.4 is 4.90 Å². The molecule has 1 heterocycles. The zero-order chi connectivity index (χ0) is 11.4. The van der Waals surface area contributed by atoms with Gasteiger partial charge in [-0.3, -0.25) is 0 Å². The molecule has 0 radical (unpaired) electrons. The maximum atomic E-state index is 9.17. The maximum absolute atomic E-state index is 9.17. The van der Waals surface area contributed by atoms with Crippen LogP contribution in [0.15, 0.2) is 5.38 Å². The summed E-state index contributed by atoms with van der Waals surface area (Å²) in [6.07, 6.45) is 6.49. The Bertz CT molecular complexity index is 321. The molecule has 3 nitrogen and oxygen atoms in total. The number of thiazole rings is 1. The zero-order valence-corrected chi connectivity index (χ0v) is 10.7. The molecule has 0 bridgehead atoms. The van der Waals surface area contributed by atoms with Crippen LogP contribution in [0.1, 0.15) is 37.8 Å². The average Bonchev–Trinajstić information content (AvgIpc) is 2.74. The summed E-state index contributed by atoms with van der Waals surface area (Å²) in [4.78, 5) is 6.84. The van der Waals surface area contributed by atoms with Gasteiger partial charge in [0.2, 0.25) is 0 Å². The van der Waals surface area contributed by atoms with E-state index in [-0.39, 0.29) is 6.61 Å². The molecule has 4 heteroatoms. The van der Waals surface area contributed by atoms with Crippen molar-refractivity contribution in [2.24, 2.45) is 0 Å². The highest BCUT2D eigenvalue weighted by Gasteiger charge is 2.22.